The molecule has 0 saturated carbocycles. The van der Waals surface area contributed by atoms with Crippen molar-refractivity contribution in [3.63, 3.8) is 0 Å². The van der Waals surface area contributed by atoms with Crippen LogP contribution >= 0.6 is 0 Å². The number of aliphatic hydroxyl groups excluding tert-OH is 1. The van der Waals surface area contributed by atoms with Gasteiger partial charge in [-0.25, -0.2) is 0 Å². The summed E-state index contributed by atoms with van der Waals surface area (Å²) in [5.74, 6) is 0.733. The van der Waals surface area contributed by atoms with Crippen molar-refractivity contribution in [3.05, 3.63) is 95.8 Å². The summed E-state index contributed by atoms with van der Waals surface area (Å²) >= 11 is 0. The summed E-state index contributed by atoms with van der Waals surface area (Å²) in [5, 5.41) is 10.4. The Labute approximate surface area is 129 Å². The van der Waals surface area contributed by atoms with Gasteiger partial charge in [-0.2, -0.15) is 0 Å². The Morgan fingerprint density at radius 1 is 0.909 bits per heavy atom. The molecule has 0 aliphatic carbocycles. The van der Waals surface area contributed by atoms with E-state index in [9.17, 15) is 5.11 Å². The molecule has 3 nitrogen and oxygen atoms in total. The molecule has 0 aliphatic heterocycles. The van der Waals surface area contributed by atoms with Crippen molar-refractivity contribution in [1.82, 2.24) is 4.98 Å². The van der Waals surface area contributed by atoms with Crippen LogP contribution in [0.25, 0.3) is 0 Å². The fraction of sp³-hybridized carbons (Fsp3) is 0.105. The van der Waals surface area contributed by atoms with Gasteiger partial charge in [0.15, 0.2) is 0 Å². The average Bonchev–Trinajstić information content (AvgIpc) is 2.61. The summed E-state index contributed by atoms with van der Waals surface area (Å²) in [4.78, 5) is 4.19. The molecule has 1 aromatic heterocycles. The molecule has 0 unspecified atom stereocenters. The third kappa shape index (κ3) is 3.51. The number of benzene rings is 2. The van der Waals surface area contributed by atoms with Gasteiger partial charge in [0.25, 0.3) is 0 Å². The molecule has 1 N–H and O–H groups in total. The van der Waals surface area contributed by atoms with E-state index in [4.69, 9.17) is 4.74 Å². The molecule has 3 rings (SSSR count). The number of hydrogen-bond donors (Lipinski definition) is 1. The molecule has 0 aliphatic rings. The SMILES string of the molecule is O[C@H](c1cccc(OCc2ccccc2)c1)c1ccccn1. The van der Waals surface area contributed by atoms with Gasteiger partial charge in [-0.3, -0.25) is 4.98 Å². The minimum atomic E-state index is -0.749. The van der Waals surface area contributed by atoms with Gasteiger partial charge in [0.2, 0.25) is 0 Å². The Kier molecular flexibility index (Phi) is 4.47. The van der Waals surface area contributed by atoms with E-state index in [1.165, 1.54) is 0 Å². The molecule has 0 spiro atoms. The number of ether oxygens (including phenoxy) is 1. The summed E-state index contributed by atoms with van der Waals surface area (Å²) < 4.78 is 5.79. The van der Waals surface area contributed by atoms with Crippen LogP contribution < -0.4 is 4.74 Å². The smallest absolute Gasteiger partial charge is 0.121 e. The van der Waals surface area contributed by atoms with Crippen molar-refractivity contribution in [2.45, 2.75) is 12.7 Å². The van der Waals surface area contributed by atoms with Crippen LogP contribution in [-0.4, -0.2) is 10.1 Å². The maximum absolute atomic E-state index is 10.4. The highest BCUT2D eigenvalue weighted by Gasteiger charge is 2.12. The number of pyridine rings is 1. The lowest BCUT2D eigenvalue weighted by Crippen LogP contribution is -2.02. The molecule has 0 radical (unpaired) electrons. The van der Waals surface area contributed by atoms with Crippen molar-refractivity contribution in [2.75, 3.05) is 0 Å². The normalized spacial score (nSPS) is 11.9. The van der Waals surface area contributed by atoms with Crippen LogP contribution in [0.1, 0.15) is 22.9 Å². The third-order valence-electron chi connectivity index (χ3n) is 3.39. The second kappa shape index (κ2) is 6.87. The highest BCUT2D eigenvalue weighted by atomic mass is 16.5. The highest BCUT2D eigenvalue weighted by molar-refractivity contribution is 5.33. The zero-order valence-corrected chi connectivity index (χ0v) is 12.1. The van der Waals surface area contributed by atoms with Crippen LogP contribution in [0, 0.1) is 0 Å². The van der Waals surface area contributed by atoms with Crippen LogP contribution in [0.3, 0.4) is 0 Å². The number of rotatable bonds is 5. The largest absolute Gasteiger partial charge is 0.489 e. The maximum atomic E-state index is 10.4. The van der Waals surface area contributed by atoms with Gasteiger partial charge in [-0.05, 0) is 35.4 Å². The molecule has 3 aromatic rings. The quantitative estimate of drug-likeness (QED) is 0.778. The first-order chi connectivity index (χ1) is 10.8. The number of nitrogens with zero attached hydrogens (tertiary/aromatic N) is 1. The third-order valence-corrected chi connectivity index (χ3v) is 3.39. The number of hydrogen-bond acceptors (Lipinski definition) is 3. The first kappa shape index (κ1) is 14.3. The highest BCUT2D eigenvalue weighted by Crippen LogP contribution is 2.24. The van der Waals surface area contributed by atoms with Crippen molar-refractivity contribution < 1.29 is 9.84 Å². The van der Waals surface area contributed by atoms with E-state index in [-0.39, 0.29) is 0 Å². The molecule has 0 bridgehead atoms. The number of aliphatic hydroxyl groups is 1. The van der Waals surface area contributed by atoms with Crippen LogP contribution in [0.2, 0.25) is 0 Å². The Morgan fingerprint density at radius 3 is 2.50 bits per heavy atom. The zero-order valence-electron chi connectivity index (χ0n) is 12.1. The van der Waals surface area contributed by atoms with Crippen LogP contribution in [0.15, 0.2) is 79.0 Å². The van der Waals surface area contributed by atoms with Gasteiger partial charge in [0, 0.05) is 6.20 Å². The van der Waals surface area contributed by atoms with Gasteiger partial charge in [0.1, 0.15) is 18.5 Å². The molecule has 110 valence electrons. The second-order valence-corrected chi connectivity index (χ2v) is 5.00. The lowest BCUT2D eigenvalue weighted by molar-refractivity contribution is 0.214. The van der Waals surface area contributed by atoms with E-state index < -0.39 is 6.10 Å². The van der Waals surface area contributed by atoms with Gasteiger partial charge < -0.3 is 9.84 Å². The standard InChI is InChI=1S/C19H17NO2/c21-19(18-11-4-5-12-20-18)16-9-6-10-17(13-16)22-14-15-7-2-1-3-8-15/h1-13,19,21H,14H2/t19-/m1/s1. The summed E-state index contributed by atoms with van der Waals surface area (Å²) in [6, 6.07) is 23.0. The van der Waals surface area contributed by atoms with Crippen molar-refractivity contribution in [3.8, 4) is 5.75 Å². The van der Waals surface area contributed by atoms with E-state index in [0.29, 0.717) is 12.3 Å². The molecule has 0 amide bonds. The van der Waals surface area contributed by atoms with Crippen molar-refractivity contribution in [1.29, 1.82) is 0 Å². The predicted molar refractivity (Wildman–Crippen MR) is 85.5 cm³/mol. The topological polar surface area (TPSA) is 42.4 Å². The number of aromatic nitrogens is 1. The predicted octanol–water partition coefficient (Wildman–Crippen LogP) is 3.74. The van der Waals surface area contributed by atoms with E-state index in [2.05, 4.69) is 4.98 Å². The lowest BCUT2D eigenvalue weighted by atomic mass is 10.1. The van der Waals surface area contributed by atoms with Crippen LogP contribution in [0.5, 0.6) is 5.75 Å². The molecule has 1 atom stereocenters. The molecule has 22 heavy (non-hydrogen) atoms. The van der Waals surface area contributed by atoms with Crippen LogP contribution in [0.4, 0.5) is 0 Å². The summed E-state index contributed by atoms with van der Waals surface area (Å²) in [5.41, 5.74) is 2.50. The average molecular weight is 291 g/mol. The summed E-state index contributed by atoms with van der Waals surface area (Å²) in [6.45, 7) is 0.504. The molecule has 0 fully saturated rings. The van der Waals surface area contributed by atoms with Crippen molar-refractivity contribution in [2.24, 2.45) is 0 Å². The van der Waals surface area contributed by atoms with E-state index in [0.717, 1.165) is 16.9 Å². The van der Waals surface area contributed by atoms with E-state index >= 15 is 0 Å². The minimum absolute atomic E-state index is 0.504. The molecule has 0 saturated heterocycles. The minimum Gasteiger partial charge on any atom is -0.489 e. The van der Waals surface area contributed by atoms with Crippen molar-refractivity contribution >= 4 is 0 Å². The molecular weight excluding hydrogens is 274 g/mol. The van der Waals surface area contributed by atoms with Gasteiger partial charge in [0.05, 0.1) is 5.69 Å². The van der Waals surface area contributed by atoms with E-state index in [1.807, 2.05) is 72.8 Å². The zero-order chi connectivity index (χ0) is 15.2. The summed E-state index contributed by atoms with van der Waals surface area (Å²) in [6.07, 6.45) is 0.926. The monoisotopic (exact) mass is 291 g/mol. The molecule has 2 aromatic carbocycles. The van der Waals surface area contributed by atoms with Gasteiger partial charge in [-0.1, -0.05) is 48.5 Å². The molecular formula is C19H17NO2. The maximum Gasteiger partial charge on any atom is 0.121 e. The first-order valence-corrected chi connectivity index (χ1v) is 7.18. The van der Waals surface area contributed by atoms with Gasteiger partial charge >= 0.3 is 0 Å². The molecule has 1 heterocycles. The van der Waals surface area contributed by atoms with E-state index in [1.54, 1.807) is 6.20 Å². The Bertz CT molecular complexity index is 714. The fourth-order valence-corrected chi connectivity index (χ4v) is 2.22. The molecule has 3 heteroatoms. The second-order valence-electron chi connectivity index (χ2n) is 5.00. The Balaban J connectivity index is 1.72. The Hall–Kier alpha value is -2.65. The van der Waals surface area contributed by atoms with Gasteiger partial charge in [-0.15, -0.1) is 0 Å². The fourth-order valence-electron chi connectivity index (χ4n) is 2.22. The van der Waals surface area contributed by atoms with Crippen LogP contribution in [-0.2, 0) is 6.61 Å². The first-order valence-electron chi connectivity index (χ1n) is 7.18. The Morgan fingerprint density at radius 2 is 1.73 bits per heavy atom. The lowest BCUT2D eigenvalue weighted by Gasteiger charge is -2.12. The summed E-state index contributed by atoms with van der Waals surface area (Å²) in [7, 11) is 0.